The fourth-order valence-electron chi connectivity index (χ4n) is 2.02. The molecule has 2 rings (SSSR count). The lowest BCUT2D eigenvalue weighted by Gasteiger charge is -2.16. The first-order chi connectivity index (χ1) is 12.5. The maximum absolute atomic E-state index is 12.6. The van der Waals surface area contributed by atoms with Crippen molar-refractivity contribution in [1.29, 1.82) is 0 Å². The first kappa shape index (κ1) is 19.7. The Morgan fingerprint density at radius 2 is 1.73 bits per heavy atom. The summed E-state index contributed by atoms with van der Waals surface area (Å²) in [4.78, 5) is 24.2. The number of amides is 2. The van der Waals surface area contributed by atoms with E-state index in [1.165, 1.54) is 19.1 Å². The molecule has 2 aromatic carbocycles. The minimum Gasteiger partial charge on any atom is -0.445 e. The second kappa shape index (κ2) is 9.76. The van der Waals surface area contributed by atoms with Crippen molar-refractivity contribution < 1.29 is 23.1 Å². The van der Waals surface area contributed by atoms with E-state index < -0.39 is 23.8 Å². The number of hydrogen-bond donors (Lipinski definition) is 2. The molecule has 2 N–H and O–H groups in total. The molecule has 8 heteroatoms. The number of thioether (sulfide) groups is 1. The van der Waals surface area contributed by atoms with Gasteiger partial charge >= 0.3 is 6.09 Å². The van der Waals surface area contributed by atoms with Crippen LogP contribution in [0, 0.1) is 0 Å². The van der Waals surface area contributed by atoms with Crippen LogP contribution in [0.25, 0.3) is 0 Å². The van der Waals surface area contributed by atoms with E-state index in [4.69, 9.17) is 4.74 Å². The van der Waals surface area contributed by atoms with Crippen LogP contribution >= 0.6 is 11.8 Å². The lowest BCUT2D eigenvalue weighted by Crippen LogP contribution is -2.41. The maximum atomic E-state index is 12.6. The molecule has 0 bridgehead atoms. The molecular formula is C18H18F2N2O3S. The van der Waals surface area contributed by atoms with Crippen molar-refractivity contribution in [1.82, 2.24) is 5.32 Å². The average Bonchev–Trinajstić information content (AvgIpc) is 2.62. The predicted octanol–water partition coefficient (Wildman–Crippen LogP) is 4.25. The van der Waals surface area contributed by atoms with E-state index in [9.17, 15) is 18.4 Å². The van der Waals surface area contributed by atoms with Gasteiger partial charge in [-0.1, -0.05) is 54.2 Å². The number of ether oxygens (including phenoxy) is 1. The quantitative estimate of drug-likeness (QED) is 0.705. The van der Waals surface area contributed by atoms with E-state index in [2.05, 4.69) is 10.6 Å². The monoisotopic (exact) mass is 380 g/mol. The Labute approximate surface area is 154 Å². The smallest absolute Gasteiger partial charge is 0.408 e. The molecule has 5 nitrogen and oxygen atoms in total. The van der Waals surface area contributed by atoms with Crippen LogP contribution in [-0.2, 0) is 16.1 Å². The first-order valence-electron chi connectivity index (χ1n) is 7.77. The third-order valence-electron chi connectivity index (χ3n) is 3.30. The summed E-state index contributed by atoms with van der Waals surface area (Å²) < 4.78 is 30.2. The van der Waals surface area contributed by atoms with Gasteiger partial charge in [0.05, 0.1) is 5.69 Å². The van der Waals surface area contributed by atoms with E-state index in [1.807, 2.05) is 18.2 Å². The molecule has 0 aliphatic carbocycles. The molecule has 0 aliphatic rings. The van der Waals surface area contributed by atoms with Crippen LogP contribution in [0.4, 0.5) is 19.3 Å². The Morgan fingerprint density at radius 3 is 2.42 bits per heavy atom. The fourth-order valence-corrected chi connectivity index (χ4v) is 2.61. The number of nitrogens with one attached hydrogen (secondary N) is 2. The number of benzene rings is 2. The van der Waals surface area contributed by atoms with Gasteiger partial charge in [0, 0.05) is 4.90 Å². The Balaban J connectivity index is 1.86. The number of para-hydroxylation sites is 1. The molecule has 0 aliphatic heterocycles. The lowest BCUT2D eigenvalue weighted by molar-refractivity contribution is -0.117. The average molecular weight is 380 g/mol. The molecule has 0 saturated heterocycles. The lowest BCUT2D eigenvalue weighted by atomic mass is 10.2. The summed E-state index contributed by atoms with van der Waals surface area (Å²) in [6.45, 7) is 1.55. The Hall–Kier alpha value is -2.61. The number of hydrogen-bond acceptors (Lipinski definition) is 4. The van der Waals surface area contributed by atoms with Crippen LogP contribution in [0.1, 0.15) is 12.5 Å². The molecule has 0 fully saturated rings. The van der Waals surface area contributed by atoms with Gasteiger partial charge < -0.3 is 15.4 Å². The molecule has 0 aromatic heterocycles. The van der Waals surface area contributed by atoms with Crippen molar-refractivity contribution in [3.8, 4) is 0 Å². The molecule has 0 saturated carbocycles. The molecule has 2 amide bonds. The third-order valence-corrected chi connectivity index (χ3v) is 4.09. The number of alkyl halides is 2. The maximum Gasteiger partial charge on any atom is 0.408 e. The minimum atomic E-state index is -2.60. The van der Waals surface area contributed by atoms with Gasteiger partial charge in [-0.2, -0.15) is 8.78 Å². The van der Waals surface area contributed by atoms with Gasteiger partial charge in [-0.05, 0) is 24.6 Å². The van der Waals surface area contributed by atoms with E-state index in [1.54, 1.807) is 24.3 Å². The summed E-state index contributed by atoms with van der Waals surface area (Å²) in [6.07, 6.45) is -0.744. The SMILES string of the molecule is C[C@H](NC(=O)OCc1ccccc1)C(=O)Nc1ccccc1SC(F)F. The molecule has 0 spiro atoms. The van der Waals surface area contributed by atoms with Gasteiger partial charge in [-0.15, -0.1) is 0 Å². The number of carbonyl (C=O) groups excluding carboxylic acids is 2. The Morgan fingerprint density at radius 1 is 1.08 bits per heavy atom. The largest absolute Gasteiger partial charge is 0.445 e. The highest BCUT2D eigenvalue weighted by molar-refractivity contribution is 7.99. The van der Waals surface area contributed by atoms with Gasteiger partial charge in [0.1, 0.15) is 12.6 Å². The van der Waals surface area contributed by atoms with Crippen molar-refractivity contribution in [2.45, 2.75) is 30.2 Å². The number of anilines is 1. The molecule has 2 aromatic rings. The molecule has 1 atom stereocenters. The van der Waals surface area contributed by atoms with Crippen molar-refractivity contribution in [3.63, 3.8) is 0 Å². The Kier molecular flexibility index (Phi) is 7.40. The molecule has 26 heavy (non-hydrogen) atoms. The summed E-state index contributed by atoms with van der Waals surface area (Å²) in [5.41, 5.74) is 1.08. The standard InChI is InChI=1S/C18H18F2N2O3S/c1-12(21-18(24)25-11-13-7-3-2-4-8-13)16(23)22-14-9-5-6-10-15(14)26-17(19)20/h2-10,12,17H,11H2,1H3,(H,21,24)(H,22,23)/t12-/m0/s1. The van der Waals surface area contributed by atoms with Crippen LogP contribution in [-0.4, -0.2) is 23.8 Å². The van der Waals surface area contributed by atoms with E-state index in [0.717, 1.165) is 5.56 Å². The molecular weight excluding hydrogens is 362 g/mol. The normalized spacial score (nSPS) is 11.7. The van der Waals surface area contributed by atoms with Gasteiger partial charge in [-0.25, -0.2) is 4.79 Å². The number of alkyl carbamates (subject to hydrolysis) is 1. The molecule has 0 radical (unpaired) electrons. The summed E-state index contributed by atoms with van der Waals surface area (Å²) in [5, 5.41) is 4.93. The molecule has 0 unspecified atom stereocenters. The van der Waals surface area contributed by atoms with Crippen LogP contribution in [0.5, 0.6) is 0 Å². The van der Waals surface area contributed by atoms with Gasteiger partial charge in [0.15, 0.2) is 0 Å². The fraction of sp³-hybridized carbons (Fsp3) is 0.222. The molecule has 0 heterocycles. The highest BCUT2D eigenvalue weighted by Crippen LogP contribution is 2.31. The van der Waals surface area contributed by atoms with E-state index >= 15 is 0 Å². The van der Waals surface area contributed by atoms with Crippen LogP contribution in [0.3, 0.4) is 0 Å². The molecule has 138 valence electrons. The highest BCUT2D eigenvalue weighted by atomic mass is 32.2. The van der Waals surface area contributed by atoms with Gasteiger partial charge in [0.25, 0.3) is 5.76 Å². The second-order valence-electron chi connectivity index (χ2n) is 5.29. The first-order valence-corrected chi connectivity index (χ1v) is 8.65. The van der Waals surface area contributed by atoms with Crippen molar-refractivity contribution >= 4 is 29.4 Å². The zero-order chi connectivity index (χ0) is 18.9. The predicted molar refractivity (Wildman–Crippen MR) is 96.2 cm³/mol. The van der Waals surface area contributed by atoms with Crippen molar-refractivity contribution in [3.05, 3.63) is 60.2 Å². The summed E-state index contributed by atoms with van der Waals surface area (Å²) in [7, 11) is 0. The second-order valence-corrected chi connectivity index (χ2v) is 6.32. The topological polar surface area (TPSA) is 67.4 Å². The van der Waals surface area contributed by atoms with Gasteiger partial charge in [0.2, 0.25) is 5.91 Å². The highest BCUT2D eigenvalue weighted by Gasteiger charge is 2.18. The summed E-state index contributed by atoms with van der Waals surface area (Å²) in [5.74, 6) is -3.14. The van der Waals surface area contributed by atoms with Crippen molar-refractivity contribution in [2.24, 2.45) is 0 Å². The van der Waals surface area contributed by atoms with E-state index in [-0.39, 0.29) is 17.2 Å². The number of rotatable bonds is 7. The zero-order valence-corrected chi connectivity index (χ0v) is 14.8. The minimum absolute atomic E-state index is 0.0782. The Bertz CT molecular complexity index is 744. The number of halogens is 2. The van der Waals surface area contributed by atoms with Crippen LogP contribution in [0.2, 0.25) is 0 Å². The van der Waals surface area contributed by atoms with Crippen LogP contribution in [0.15, 0.2) is 59.5 Å². The van der Waals surface area contributed by atoms with E-state index in [0.29, 0.717) is 11.8 Å². The number of carbonyl (C=O) groups is 2. The van der Waals surface area contributed by atoms with Crippen molar-refractivity contribution in [2.75, 3.05) is 5.32 Å². The van der Waals surface area contributed by atoms with Gasteiger partial charge in [-0.3, -0.25) is 4.79 Å². The summed E-state index contributed by atoms with van der Waals surface area (Å²) in [6, 6.07) is 14.4. The zero-order valence-electron chi connectivity index (χ0n) is 13.9. The summed E-state index contributed by atoms with van der Waals surface area (Å²) >= 11 is 0.338. The van der Waals surface area contributed by atoms with Crippen LogP contribution < -0.4 is 10.6 Å². The third kappa shape index (κ3) is 6.36.